The summed E-state index contributed by atoms with van der Waals surface area (Å²) in [5, 5.41) is 19.3. The molecule has 2 aliphatic rings. The topological polar surface area (TPSA) is 148 Å². The number of carbonyl (C=O) groups excluding carboxylic acids is 2. The summed E-state index contributed by atoms with van der Waals surface area (Å²) < 4.78 is 23.2. The van der Waals surface area contributed by atoms with E-state index in [2.05, 4.69) is 15.5 Å². The Kier molecular flexibility index (Phi) is 7.36. The van der Waals surface area contributed by atoms with Crippen LogP contribution in [0.2, 0.25) is 0 Å². The number of rotatable bonds is 9. The van der Waals surface area contributed by atoms with E-state index in [0.29, 0.717) is 41.3 Å². The highest BCUT2D eigenvalue weighted by atomic mass is 16.8. The van der Waals surface area contributed by atoms with Crippen molar-refractivity contribution in [2.75, 3.05) is 13.2 Å². The lowest BCUT2D eigenvalue weighted by molar-refractivity contribution is -0.472. The van der Waals surface area contributed by atoms with E-state index in [-0.39, 0.29) is 12.4 Å². The van der Waals surface area contributed by atoms with Gasteiger partial charge in [0.15, 0.2) is 6.10 Å². The number of oxime groups is 1. The molecule has 0 N–H and O–H groups in total. The van der Waals surface area contributed by atoms with Gasteiger partial charge in [-0.05, 0) is 54.1 Å². The van der Waals surface area contributed by atoms with Crippen molar-refractivity contribution in [3.8, 4) is 17.1 Å². The minimum absolute atomic E-state index is 0.140. The first-order chi connectivity index (χ1) is 20.4. The number of para-hydroxylation sites is 1. The third-order valence-corrected chi connectivity index (χ3v) is 6.89. The average Bonchev–Trinajstić information content (AvgIpc) is 3.68. The van der Waals surface area contributed by atoms with Gasteiger partial charge in [-0.25, -0.2) is 9.59 Å². The van der Waals surface area contributed by atoms with Crippen LogP contribution in [0.15, 0.2) is 71.9 Å². The number of ether oxygens (including phenoxy) is 4. The van der Waals surface area contributed by atoms with Gasteiger partial charge in [-0.2, -0.15) is 4.98 Å². The first-order valence-corrected chi connectivity index (χ1v) is 13.4. The van der Waals surface area contributed by atoms with Crippen LogP contribution in [0.4, 0.5) is 4.79 Å². The molecular weight excluding hydrogens is 544 g/mol. The molecule has 1 aromatic heterocycles. The average molecular weight is 571 g/mol. The van der Waals surface area contributed by atoms with Crippen molar-refractivity contribution in [3.05, 3.63) is 88.7 Å². The zero-order chi connectivity index (χ0) is 29.2. The van der Waals surface area contributed by atoms with Gasteiger partial charge in [-0.1, -0.05) is 54.6 Å². The third-order valence-electron chi connectivity index (χ3n) is 6.89. The first kappa shape index (κ1) is 27.1. The number of hydrogen-bond acceptors (Lipinski definition) is 10. The number of amidine groups is 1. The van der Waals surface area contributed by atoms with Crippen LogP contribution in [-0.2, 0) is 25.6 Å². The van der Waals surface area contributed by atoms with E-state index in [4.69, 9.17) is 23.8 Å². The van der Waals surface area contributed by atoms with Gasteiger partial charge in [0.1, 0.15) is 12.7 Å². The van der Waals surface area contributed by atoms with Crippen LogP contribution >= 0.6 is 0 Å². The lowest BCUT2D eigenvalue weighted by Crippen LogP contribution is -2.26. The fourth-order valence-electron chi connectivity index (χ4n) is 4.86. The molecule has 2 aliphatic heterocycles. The molecule has 216 valence electrons. The Balaban J connectivity index is 1.28. The second-order valence-corrected chi connectivity index (χ2v) is 9.61. The number of cyclic esters (lactones) is 2. The lowest BCUT2D eigenvalue weighted by Gasteiger charge is -2.22. The van der Waals surface area contributed by atoms with E-state index in [1.807, 2.05) is 60.0 Å². The van der Waals surface area contributed by atoms with Crippen LogP contribution in [0.25, 0.3) is 27.5 Å². The van der Waals surface area contributed by atoms with E-state index >= 15 is 0 Å². The molecule has 0 spiro atoms. The van der Waals surface area contributed by atoms with Crippen molar-refractivity contribution in [2.45, 2.75) is 39.0 Å². The zero-order valence-corrected chi connectivity index (χ0v) is 22.8. The van der Waals surface area contributed by atoms with Crippen LogP contribution in [0.3, 0.4) is 0 Å². The molecule has 1 fully saturated rings. The first-order valence-electron chi connectivity index (χ1n) is 13.4. The number of nitrogens with zero attached hydrogens (tertiary/aromatic N) is 4. The molecular formula is C30H26N4O8-2. The van der Waals surface area contributed by atoms with Gasteiger partial charge < -0.3 is 34.2 Å². The van der Waals surface area contributed by atoms with E-state index in [1.54, 1.807) is 25.1 Å². The number of carbonyl (C=O) groups is 2. The molecule has 3 unspecified atom stereocenters. The predicted octanol–water partition coefficient (Wildman–Crippen LogP) is 3.94. The maximum atomic E-state index is 13.2. The van der Waals surface area contributed by atoms with Crippen LogP contribution in [0.1, 0.15) is 35.3 Å². The van der Waals surface area contributed by atoms with Crippen LogP contribution in [-0.4, -0.2) is 59.3 Å². The Hall–Kier alpha value is -5.10. The molecule has 42 heavy (non-hydrogen) atoms. The molecule has 4 aromatic rings. The van der Waals surface area contributed by atoms with Gasteiger partial charge in [0.25, 0.3) is 6.01 Å². The van der Waals surface area contributed by atoms with Crippen molar-refractivity contribution >= 4 is 29.0 Å². The molecule has 6 rings (SSSR count). The number of benzene rings is 3. The molecule has 0 aliphatic carbocycles. The molecule has 3 aromatic carbocycles. The third kappa shape index (κ3) is 5.31. The Morgan fingerprint density at radius 2 is 1.83 bits per heavy atom. The van der Waals surface area contributed by atoms with Gasteiger partial charge in [0, 0.05) is 6.41 Å². The highest BCUT2D eigenvalue weighted by Crippen LogP contribution is 2.30. The summed E-state index contributed by atoms with van der Waals surface area (Å²) in [4.78, 5) is 33.9. The van der Waals surface area contributed by atoms with Gasteiger partial charge >= 0.3 is 12.1 Å². The van der Waals surface area contributed by atoms with Crippen molar-refractivity contribution in [2.24, 2.45) is 5.16 Å². The molecule has 3 heterocycles. The molecule has 0 amide bonds. The number of esters is 1. The smallest absolute Gasteiger partial charge is 0.509 e. The molecule has 0 bridgehead atoms. The number of fused-ring (bicyclic) bond motifs is 1. The number of hydrogen-bond donors (Lipinski definition) is 0. The largest absolute Gasteiger partial charge is 0.822 e. The van der Waals surface area contributed by atoms with Crippen LogP contribution in [0, 0.1) is 0 Å². The second-order valence-electron chi connectivity index (χ2n) is 9.61. The van der Waals surface area contributed by atoms with Crippen molar-refractivity contribution in [1.82, 2.24) is 9.55 Å². The Morgan fingerprint density at radius 1 is 1.05 bits per heavy atom. The number of aromatic nitrogens is 2. The maximum Gasteiger partial charge on any atom is 0.509 e. The van der Waals surface area contributed by atoms with Crippen molar-refractivity contribution in [1.29, 1.82) is 0 Å². The van der Waals surface area contributed by atoms with Gasteiger partial charge in [-0.3, -0.25) is 9.72 Å². The molecule has 3 atom stereocenters. The second kappa shape index (κ2) is 11.4. The summed E-state index contributed by atoms with van der Waals surface area (Å²) in [5.74, 6) is -0.329. The summed E-state index contributed by atoms with van der Waals surface area (Å²) >= 11 is 0. The normalized spacial score (nSPS) is 19.5. The van der Waals surface area contributed by atoms with Crippen LogP contribution in [0.5, 0.6) is 6.01 Å². The van der Waals surface area contributed by atoms with Gasteiger partial charge in [-0.15, -0.1) is 0 Å². The monoisotopic (exact) mass is 570 g/mol. The highest BCUT2D eigenvalue weighted by Gasteiger charge is 2.34. The van der Waals surface area contributed by atoms with Crippen LogP contribution < -0.4 is 9.84 Å². The van der Waals surface area contributed by atoms with E-state index in [1.165, 1.54) is 0 Å². The quantitative estimate of drug-likeness (QED) is 0.273. The molecule has 0 saturated carbocycles. The van der Waals surface area contributed by atoms with E-state index in [0.717, 1.165) is 16.7 Å². The minimum atomic E-state index is -1.56. The summed E-state index contributed by atoms with van der Waals surface area (Å²) in [6.45, 7) is 4.13. The molecule has 1 saturated heterocycles. The summed E-state index contributed by atoms with van der Waals surface area (Å²) in [6.07, 6.45) is -3.55. The van der Waals surface area contributed by atoms with Crippen molar-refractivity contribution < 1.29 is 38.5 Å². The fourth-order valence-corrected chi connectivity index (χ4v) is 4.86. The predicted molar refractivity (Wildman–Crippen MR) is 148 cm³/mol. The standard InChI is InChI=1S/C30H26N4O8/c1-3-38-28-31-23-10-6-9-22(27(35)39-16-24-17(2)40-30(37)41-24)25(23)34(28)15-18-11-13-19(14-12-18)20-7-4-5-8-21(20)26-32-29(36)42-33-26/h4-14,17,24,29H,3,15-16H2,1-2H3/q-2. The molecule has 12 nitrogen and oxygen atoms in total. The lowest BCUT2D eigenvalue weighted by atomic mass is 9.98. The maximum absolute atomic E-state index is 13.2. The summed E-state index contributed by atoms with van der Waals surface area (Å²) in [7, 11) is 0. The Morgan fingerprint density at radius 3 is 2.52 bits per heavy atom. The molecule has 0 radical (unpaired) electrons. The molecule has 12 heteroatoms. The van der Waals surface area contributed by atoms with Crippen molar-refractivity contribution in [3.63, 3.8) is 0 Å². The SMILES string of the molecule is CCOc1nc2cccc(C(=O)OCC3OC(=O)OC3C)c2n1Cc1ccc(-c2ccccc2C2=NOC([O-])[N-]2)cc1. The highest BCUT2D eigenvalue weighted by molar-refractivity contribution is 6.12. The Labute approximate surface area is 240 Å². The minimum Gasteiger partial charge on any atom is -0.822 e. The van der Waals surface area contributed by atoms with Gasteiger partial charge in [0.05, 0.1) is 29.7 Å². The van der Waals surface area contributed by atoms with Gasteiger partial charge in [0.2, 0.25) is 0 Å². The summed E-state index contributed by atoms with van der Waals surface area (Å²) in [5.41, 5.74) is 4.80. The fraction of sp³-hybridized carbons (Fsp3) is 0.267. The Bertz CT molecular complexity index is 1670. The number of imidazole rings is 1. The van der Waals surface area contributed by atoms with E-state index < -0.39 is 30.7 Å². The zero-order valence-electron chi connectivity index (χ0n) is 22.8. The summed E-state index contributed by atoms with van der Waals surface area (Å²) in [6, 6.07) is 20.9. The van der Waals surface area contributed by atoms with E-state index in [9.17, 15) is 14.7 Å².